The second kappa shape index (κ2) is 4.99. The zero-order chi connectivity index (χ0) is 12.5. The van der Waals surface area contributed by atoms with Gasteiger partial charge in [0.05, 0.1) is 10.6 Å². The van der Waals surface area contributed by atoms with Crippen molar-refractivity contribution in [2.45, 2.75) is 0 Å². The van der Waals surface area contributed by atoms with Crippen LogP contribution in [0.2, 0.25) is 0 Å². The molecule has 0 saturated carbocycles. The number of hydrogen-bond acceptors (Lipinski definition) is 3. The Morgan fingerprint density at radius 2 is 2.00 bits per heavy atom. The van der Waals surface area contributed by atoms with Gasteiger partial charge in [-0.15, -0.1) is 22.7 Å². The van der Waals surface area contributed by atoms with Crippen molar-refractivity contribution in [1.29, 1.82) is 0 Å². The van der Waals surface area contributed by atoms with E-state index in [-0.39, 0.29) is 5.91 Å². The first kappa shape index (κ1) is 12.1. The minimum Gasteiger partial charge on any atom is -0.320 e. The predicted molar refractivity (Wildman–Crippen MR) is 86.8 cm³/mol. The highest BCUT2D eigenvalue weighted by Gasteiger charge is 2.12. The molecular formula is C13H8INOS2. The Bertz CT molecular complexity index is 688. The van der Waals surface area contributed by atoms with Crippen LogP contribution >= 0.6 is 45.3 Å². The smallest absolute Gasteiger partial charge is 0.265 e. The van der Waals surface area contributed by atoms with Crippen LogP contribution in [0.4, 0.5) is 5.69 Å². The van der Waals surface area contributed by atoms with Crippen LogP contribution < -0.4 is 5.32 Å². The molecular weight excluding hydrogens is 377 g/mol. The fourth-order valence-electron chi connectivity index (χ4n) is 1.62. The molecule has 5 heteroatoms. The number of carbonyl (C=O) groups is 1. The summed E-state index contributed by atoms with van der Waals surface area (Å²) in [6.07, 6.45) is 0. The maximum atomic E-state index is 12.1. The average molecular weight is 385 g/mol. The minimum atomic E-state index is -0.0347. The van der Waals surface area contributed by atoms with Crippen molar-refractivity contribution in [3.05, 3.63) is 50.2 Å². The van der Waals surface area contributed by atoms with Gasteiger partial charge < -0.3 is 5.32 Å². The summed E-state index contributed by atoms with van der Waals surface area (Å²) in [5, 5.41) is 4.99. The van der Waals surface area contributed by atoms with Gasteiger partial charge in [0, 0.05) is 13.0 Å². The first-order valence-electron chi connectivity index (χ1n) is 5.27. The molecule has 2 aromatic heterocycles. The molecule has 0 aliphatic heterocycles. The number of anilines is 1. The largest absolute Gasteiger partial charge is 0.320 e. The number of fused-ring (bicyclic) bond motifs is 1. The minimum absolute atomic E-state index is 0.0347. The summed E-state index contributed by atoms with van der Waals surface area (Å²) < 4.78 is 3.39. The molecule has 1 aromatic carbocycles. The Kier molecular flexibility index (Phi) is 3.36. The van der Waals surface area contributed by atoms with Gasteiger partial charge in [0.15, 0.2) is 0 Å². The lowest BCUT2D eigenvalue weighted by Crippen LogP contribution is -2.10. The average Bonchev–Trinajstić information content (AvgIpc) is 2.92. The lowest BCUT2D eigenvalue weighted by Gasteiger charge is -2.05. The molecule has 0 unspecified atom stereocenters. The number of thiophene rings is 2. The van der Waals surface area contributed by atoms with Crippen LogP contribution in [-0.2, 0) is 0 Å². The zero-order valence-electron chi connectivity index (χ0n) is 9.14. The van der Waals surface area contributed by atoms with Gasteiger partial charge in [-0.25, -0.2) is 0 Å². The van der Waals surface area contributed by atoms with Crippen LogP contribution in [0.3, 0.4) is 0 Å². The highest BCUT2D eigenvalue weighted by Crippen LogP contribution is 2.30. The van der Waals surface area contributed by atoms with Crippen molar-refractivity contribution < 1.29 is 4.79 Å². The summed E-state index contributed by atoms with van der Waals surface area (Å²) in [6.45, 7) is 0. The number of nitrogens with one attached hydrogen (secondary N) is 1. The summed E-state index contributed by atoms with van der Waals surface area (Å²) in [5.41, 5.74) is 0.861. The molecule has 3 aromatic rings. The number of rotatable bonds is 2. The van der Waals surface area contributed by atoms with Crippen LogP contribution in [0, 0.1) is 3.57 Å². The van der Waals surface area contributed by atoms with Gasteiger partial charge in [-0.05, 0) is 52.2 Å². The Hall–Kier alpha value is -0.920. The van der Waals surface area contributed by atoms with Crippen LogP contribution in [0.1, 0.15) is 9.67 Å². The van der Waals surface area contributed by atoms with Crippen LogP contribution in [-0.4, -0.2) is 5.91 Å². The molecule has 0 saturated heterocycles. The Labute approximate surface area is 126 Å². The molecule has 0 radical (unpaired) electrons. The molecule has 2 nitrogen and oxygen atoms in total. The van der Waals surface area contributed by atoms with E-state index >= 15 is 0 Å². The number of hydrogen-bond donors (Lipinski definition) is 1. The van der Waals surface area contributed by atoms with Gasteiger partial charge in [-0.3, -0.25) is 4.79 Å². The van der Waals surface area contributed by atoms with E-state index in [9.17, 15) is 4.79 Å². The molecule has 0 fully saturated rings. The van der Waals surface area contributed by atoms with Crippen LogP contribution in [0.15, 0.2) is 41.8 Å². The highest BCUT2D eigenvalue weighted by molar-refractivity contribution is 14.1. The van der Waals surface area contributed by atoms with E-state index < -0.39 is 0 Å². The van der Waals surface area contributed by atoms with Crippen molar-refractivity contribution in [3.8, 4) is 0 Å². The quantitative estimate of drug-likeness (QED) is 0.630. The van der Waals surface area contributed by atoms with Crippen molar-refractivity contribution in [1.82, 2.24) is 0 Å². The number of para-hydroxylation sites is 1. The molecule has 0 aliphatic carbocycles. The van der Waals surface area contributed by atoms with Crippen LogP contribution in [0.5, 0.6) is 0 Å². The highest BCUT2D eigenvalue weighted by atomic mass is 127. The predicted octanol–water partition coefficient (Wildman–Crippen LogP) is 4.82. The second-order valence-corrected chi connectivity index (χ2v) is 6.89. The third kappa shape index (κ3) is 2.30. The fraction of sp³-hybridized carbons (Fsp3) is 0. The maximum Gasteiger partial charge on any atom is 0.265 e. The summed E-state index contributed by atoms with van der Waals surface area (Å²) >= 11 is 5.41. The molecule has 90 valence electrons. The summed E-state index contributed by atoms with van der Waals surface area (Å²) in [5.74, 6) is -0.0347. The van der Waals surface area contributed by atoms with E-state index in [1.807, 2.05) is 41.8 Å². The molecule has 0 bridgehead atoms. The molecule has 18 heavy (non-hydrogen) atoms. The Morgan fingerprint density at radius 1 is 1.17 bits per heavy atom. The molecule has 1 N–H and O–H groups in total. The monoisotopic (exact) mass is 385 g/mol. The molecule has 0 spiro atoms. The Morgan fingerprint density at radius 3 is 2.78 bits per heavy atom. The first-order valence-corrected chi connectivity index (χ1v) is 8.04. The van der Waals surface area contributed by atoms with Gasteiger partial charge in [0.2, 0.25) is 0 Å². The molecule has 0 atom stereocenters. The van der Waals surface area contributed by atoms with E-state index in [2.05, 4.69) is 27.9 Å². The van der Waals surface area contributed by atoms with E-state index in [0.717, 1.165) is 14.1 Å². The SMILES string of the molecule is O=C(Nc1ccccc1I)c1cc2sccc2s1. The third-order valence-corrected chi connectivity index (χ3v) is 5.52. The number of halogens is 1. The van der Waals surface area contributed by atoms with Crippen molar-refractivity contribution in [2.75, 3.05) is 5.32 Å². The molecule has 2 heterocycles. The molecule has 0 aliphatic rings. The third-order valence-electron chi connectivity index (χ3n) is 2.49. The van der Waals surface area contributed by atoms with Crippen molar-refractivity contribution >= 4 is 66.3 Å². The second-order valence-electron chi connectivity index (χ2n) is 3.69. The van der Waals surface area contributed by atoms with E-state index in [4.69, 9.17) is 0 Å². The molecule has 1 amide bonds. The van der Waals surface area contributed by atoms with Crippen molar-refractivity contribution in [2.24, 2.45) is 0 Å². The Balaban J connectivity index is 1.87. The van der Waals surface area contributed by atoms with Gasteiger partial charge in [-0.1, -0.05) is 12.1 Å². The van der Waals surface area contributed by atoms with Crippen LogP contribution in [0.25, 0.3) is 9.40 Å². The van der Waals surface area contributed by atoms with Gasteiger partial charge >= 0.3 is 0 Å². The summed E-state index contributed by atoms with van der Waals surface area (Å²) in [7, 11) is 0. The number of benzene rings is 1. The van der Waals surface area contributed by atoms with Gasteiger partial charge in [-0.2, -0.15) is 0 Å². The lowest BCUT2D eigenvalue weighted by molar-refractivity contribution is 0.103. The van der Waals surface area contributed by atoms with Gasteiger partial charge in [0.25, 0.3) is 5.91 Å². The maximum absolute atomic E-state index is 12.1. The van der Waals surface area contributed by atoms with Crippen molar-refractivity contribution in [3.63, 3.8) is 0 Å². The normalized spacial score (nSPS) is 10.7. The topological polar surface area (TPSA) is 29.1 Å². The molecule has 3 rings (SSSR count). The number of carbonyl (C=O) groups excluding carboxylic acids is 1. The summed E-state index contributed by atoms with van der Waals surface area (Å²) in [6, 6.07) is 11.8. The number of amides is 1. The van der Waals surface area contributed by atoms with Gasteiger partial charge in [0.1, 0.15) is 0 Å². The fourth-order valence-corrected chi connectivity index (χ4v) is 4.15. The van der Waals surface area contributed by atoms with E-state index in [0.29, 0.717) is 0 Å². The standard InChI is InChI=1S/C13H8INOS2/c14-8-3-1-2-4-9(8)15-13(16)12-7-11-10(18-12)5-6-17-11/h1-7H,(H,15,16). The zero-order valence-corrected chi connectivity index (χ0v) is 12.9. The van der Waals surface area contributed by atoms with E-state index in [1.54, 1.807) is 11.3 Å². The lowest BCUT2D eigenvalue weighted by atomic mass is 10.3. The summed E-state index contributed by atoms with van der Waals surface area (Å²) in [4.78, 5) is 12.9. The first-order chi connectivity index (χ1) is 8.74. The van der Waals surface area contributed by atoms with E-state index in [1.165, 1.54) is 20.7 Å².